The Morgan fingerprint density at radius 3 is 2.81 bits per heavy atom. The largest absolute Gasteiger partial charge is 0.468 e. The molecule has 0 radical (unpaired) electrons. The fourth-order valence-electron chi connectivity index (χ4n) is 2.63. The van der Waals surface area contributed by atoms with Gasteiger partial charge in [-0.15, -0.1) is 0 Å². The van der Waals surface area contributed by atoms with Gasteiger partial charge in [0.2, 0.25) is 0 Å². The molecule has 0 aromatic carbocycles. The van der Waals surface area contributed by atoms with Crippen molar-refractivity contribution >= 4 is 6.03 Å². The van der Waals surface area contributed by atoms with E-state index in [1.807, 2.05) is 12.1 Å². The summed E-state index contributed by atoms with van der Waals surface area (Å²) in [6.07, 6.45) is 5.30. The lowest BCUT2D eigenvalue weighted by Crippen LogP contribution is -2.46. The highest BCUT2D eigenvalue weighted by atomic mass is 16.3. The van der Waals surface area contributed by atoms with Crippen molar-refractivity contribution in [2.24, 2.45) is 0 Å². The van der Waals surface area contributed by atoms with Gasteiger partial charge in [-0.25, -0.2) is 4.79 Å². The zero-order valence-corrected chi connectivity index (χ0v) is 12.5. The minimum absolute atomic E-state index is 0.0653. The van der Waals surface area contributed by atoms with Crippen LogP contribution in [0.1, 0.15) is 38.0 Å². The Bertz CT molecular complexity index is 416. The molecule has 0 saturated carbocycles. The maximum atomic E-state index is 11.8. The molecule has 1 saturated heterocycles. The standard InChI is InChI=1S/C15H25N3O3/c1-12(11-19)17-15(20)16-10-13(14-6-5-9-21-14)18-7-3-2-4-8-18/h5-6,9,12-13,19H,2-4,7-8,10-11H2,1H3,(H2,16,17,20). The Morgan fingerprint density at radius 1 is 1.43 bits per heavy atom. The van der Waals surface area contributed by atoms with Crippen molar-refractivity contribution in [2.75, 3.05) is 26.2 Å². The molecule has 1 aliphatic heterocycles. The Kier molecular flexibility index (Phi) is 6.07. The number of urea groups is 1. The number of aliphatic hydroxyl groups excluding tert-OH is 1. The second kappa shape index (κ2) is 8.05. The molecule has 0 bridgehead atoms. The first-order valence-corrected chi connectivity index (χ1v) is 7.63. The van der Waals surface area contributed by atoms with E-state index >= 15 is 0 Å². The maximum Gasteiger partial charge on any atom is 0.315 e. The zero-order valence-electron chi connectivity index (χ0n) is 12.5. The molecule has 2 atom stereocenters. The van der Waals surface area contributed by atoms with Gasteiger partial charge in [-0.1, -0.05) is 6.42 Å². The monoisotopic (exact) mass is 295 g/mol. The SMILES string of the molecule is CC(CO)NC(=O)NCC(c1ccco1)N1CCCCC1. The van der Waals surface area contributed by atoms with E-state index in [9.17, 15) is 4.79 Å². The molecular formula is C15H25N3O3. The van der Waals surface area contributed by atoms with Gasteiger partial charge in [0, 0.05) is 6.54 Å². The number of amides is 2. The molecule has 6 nitrogen and oxygen atoms in total. The van der Waals surface area contributed by atoms with Gasteiger partial charge < -0.3 is 20.2 Å². The number of carbonyl (C=O) groups is 1. The predicted molar refractivity (Wildman–Crippen MR) is 80.0 cm³/mol. The fraction of sp³-hybridized carbons (Fsp3) is 0.667. The van der Waals surface area contributed by atoms with Crippen molar-refractivity contribution in [1.82, 2.24) is 15.5 Å². The van der Waals surface area contributed by atoms with Gasteiger partial charge in [0.15, 0.2) is 0 Å². The van der Waals surface area contributed by atoms with E-state index in [2.05, 4.69) is 15.5 Å². The van der Waals surface area contributed by atoms with Crippen LogP contribution in [0.3, 0.4) is 0 Å². The molecule has 1 aromatic heterocycles. The molecule has 3 N–H and O–H groups in total. The predicted octanol–water partition coefficient (Wildman–Crippen LogP) is 1.49. The molecular weight excluding hydrogens is 270 g/mol. The molecule has 1 aliphatic rings. The molecule has 2 rings (SSSR count). The smallest absolute Gasteiger partial charge is 0.315 e. The van der Waals surface area contributed by atoms with E-state index in [-0.39, 0.29) is 24.7 Å². The van der Waals surface area contributed by atoms with E-state index in [1.54, 1.807) is 13.2 Å². The summed E-state index contributed by atoms with van der Waals surface area (Å²) < 4.78 is 5.53. The van der Waals surface area contributed by atoms with Crippen LogP contribution in [-0.2, 0) is 0 Å². The van der Waals surface area contributed by atoms with Crippen molar-refractivity contribution in [3.63, 3.8) is 0 Å². The van der Waals surface area contributed by atoms with Crippen LogP contribution >= 0.6 is 0 Å². The van der Waals surface area contributed by atoms with Crippen molar-refractivity contribution in [1.29, 1.82) is 0 Å². The summed E-state index contributed by atoms with van der Waals surface area (Å²) in [5.41, 5.74) is 0. The van der Waals surface area contributed by atoms with Crippen molar-refractivity contribution in [3.8, 4) is 0 Å². The minimum Gasteiger partial charge on any atom is -0.468 e. The van der Waals surface area contributed by atoms with E-state index in [4.69, 9.17) is 9.52 Å². The zero-order chi connectivity index (χ0) is 15.1. The highest BCUT2D eigenvalue weighted by Gasteiger charge is 2.24. The molecule has 2 heterocycles. The van der Waals surface area contributed by atoms with Gasteiger partial charge in [-0.2, -0.15) is 0 Å². The second-order valence-corrected chi connectivity index (χ2v) is 5.57. The van der Waals surface area contributed by atoms with Crippen LogP contribution in [0.4, 0.5) is 4.79 Å². The number of rotatable bonds is 6. The number of likely N-dealkylation sites (tertiary alicyclic amines) is 1. The van der Waals surface area contributed by atoms with Gasteiger partial charge in [0.05, 0.1) is 25.0 Å². The Balaban J connectivity index is 1.91. The van der Waals surface area contributed by atoms with E-state index in [0.29, 0.717) is 6.54 Å². The number of nitrogens with zero attached hydrogens (tertiary/aromatic N) is 1. The lowest BCUT2D eigenvalue weighted by Gasteiger charge is -2.33. The number of furan rings is 1. The Hall–Kier alpha value is -1.53. The minimum atomic E-state index is -0.259. The van der Waals surface area contributed by atoms with Crippen molar-refractivity contribution in [2.45, 2.75) is 38.3 Å². The van der Waals surface area contributed by atoms with Gasteiger partial charge in [0.1, 0.15) is 5.76 Å². The number of carbonyl (C=O) groups excluding carboxylic acids is 1. The lowest BCUT2D eigenvalue weighted by atomic mass is 10.1. The average Bonchev–Trinajstić information content (AvgIpc) is 3.02. The van der Waals surface area contributed by atoms with E-state index in [1.165, 1.54) is 19.3 Å². The first kappa shape index (κ1) is 15.9. The third-order valence-corrected chi connectivity index (χ3v) is 3.81. The molecule has 0 aliphatic carbocycles. The molecule has 6 heteroatoms. The van der Waals surface area contributed by atoms with Gasteiger partial charge in [-0.3, -0.25) is 4.90 Å². The summed E-state index contributed by atoms with van der Waals surface area (Å²) in [5.74, 6) is 0.882. The van der Waals surface area contributed by atoms with Gasteiger partial charge >= 0.3 is 6.03 Å². The summed E-state index contributed by atoms with van der Waals surface area (Å²) in [6.45, 7) is 4.25. The first-order valence-electron chi connectivity index (χ1n) is 7.63. The normalized spacial score (nSPS) is 19.0. The summed E-state index contributed by atoms with van der Waals surface area (Å²) in [5, 5.41) is 14.5. The van der Waals surface area contributed by atoms with Gasteiger partial charge in [0.25, 0.3) is 0 Å². The molecule has 1 aromatic rings. The molecule has 21 heavy (non-hydrogen) atoms. The number of hydrogen-bond donors (Lipinski definition) is 3. The average molecular weight is 295 g/mol. The second-order valence-electron chi connectivity index (χ2n) is 5.57. The van der Waals surface area contributed by atoms with E-state index in [0.717, 1.165) is 18.8 Å². The quantitative estimate of drug-likeness (QED) is 0.743. The van der Waals surface area contributed by atoms with E-state index < -0.39 is 0 Å². The van der Waals surface area contributed by atoms with Crippen molar-refractivity contribution < 1.29 is 14.3 Å². The summed E-state index contributed by atoms with van der Waals surface area (Å²) in [4.78, 5) is 14.1. The number of aliphatic hydroxyl groups is 1. The lowest BCUT2D eigenvalue weighted by molar-refractivity contribution is 0.143. The third kappa shape index (κ3) is 4.75. The van der Waals surface area contributed by atoms with Crippen LogP contribution in [0.15, 0.2) is 22.8 Å². The van der Waals surface area contributed by atoms with Crippen LogP contribution in [0.5, 0.6) is 0 Å². The summed E-state index contributed by atoms with van der Waals surface area (Å²) >= 11 is 0. The summed E-state index contributed by atoms with van der Waals surface area (Å²) in [6, 6.07) is 3.39. The van der Waals surface area contributed by atoms with Crippen LogP contribution in [0.25, 0.3) is 0 Å². The summed E-state index contributed by atoms with van der Waals surface area (Å²) in [7, 11) is 0. The van der Waals surface area contributed by atoms with Crippen LogP contribution < -0.4 is 10.6 Å². The Morgan fingerprint density at radius 2 is 2.19 bits per heavy atom. The Labute approximate surface area is 125 Å². The molecule has 2 amide bonds. The third-order valence-electron chi connectivity index (χ3n) is 3.81. The van der Waals surface area contributed by atoms with Crippen LogP contribution in [0, 0.1) is 0 Å². The molecule has 1 fully saturated rings. The van der Waals surface area contributed by atoms with Gasteiger partial charge in [-0.05, 0) is 45.0 Å². The number of nitrogens with one attached hydrogen (secondary N) is 2. The highest BCUT2D eigenvalue weighted by molar-refractivity contribution is 5.74. The number of hydrogen-bond acceptors (Lipinski definition) is 4. The maximum absolute atomic E-state index is 11.8. The highest BCUT2D eigenvalue weighted by Crippen LogP contribution is 2.24. The number of piperidine rings is 1. The van der Waals surface area contributed by atoms with Crippen LogP contribution in [-0.4, -0.2) is 48.3 Å². The molecule has 0 spiro atoms. The topological polar surface area (TPSA) is 77.7 Å². The first-order chi connectivity index (χ1) is 10.2. The molecule has 2 unspecified atom stereocenters. The van der Waals surface area contributed by atoms with Crippen LogP contribution in [0.2, 0.25) is 0 Å². The molecule has 118 valence electrons. The fourth-order valence-corrected chi connectivity index (χ4v) is 2.63. The van der Waals surface area contributed by atoms with Crippen molar-refractivity contribution in [3.05, 3.63) is 24.2 Å².